The van der Waals surface area contributed by atoms with Crippen molar-refractivity contribution in [1.29, 1.82) is 0 Å². The molecule has 2 rings (SSSR count). The molecule has 6 nitrogen and oxygen atoms in total. The lowest BCUT2D eigenvalue weighted by molar-refractivity contribution is 0.0168. The fourth-order valence-corrected chi connectivity index (χ4v) is 3.19. The predicted molar refractivity (Wildman–Crippen MR) is 120 cm³/mol. The summed E-state index contributed by atoms with van der Waals surface area (Å²) in [6.07, 6.45) is 3.54. The minimum absolute atomic E-state index is 0.302. The number of aliphatic imine (C=N–C) groups is 1. The van der Waals surface area contributed by atoms with Gasteiger partial charge in [-0.2, -0.15) is 0 Å². The Morgan fingerprint density at radius 1 is 1.28 bits per heavy atom. The molecular weight excluding hydrogens is 364 g/mol. The van der Waals surface area contributed by atoms with Gasteiger partial charge >= 0.3 is 0 Å². The highest BCUT2D eigenvalue weighted by Gasteiger charge is 2.15. The minimum atomic E-state index is 0.302. The van der Waals surface area contributed by atoms with Crippen molar-refractivity contribution >= 4 is 5.96 Å². The van der Waals surface area contributed by atoms with Gasteiger partial charge in [-0.3, -0.25) is 4.90 Å². The van der Waals surface area contributed by atoms with Gasteiger partial charge in [0.2, 0.25) is 0 Å². The van der Waals surface area contributed by atoms with Crippen LogP contribution in [0.25, 0.3) is 0 Å². The number of nitrogens with one attached hydrogen (secondary N) is 2. The van der Waals surface area contributed by atoms with Crippen LogP contribution in [0, 0.1) is 0 Å². The number of ether oxygens (including phenoxy) is 2. The molecule has 29 heavy (non-hydrogen) atoms. The van der Waals surface area contributed by atoms with Crippen LogP contribution in [0.2, 0.25) is 0 Å². The highest BCUT2D eigenvalue weighted by atomic mass is 16.5. The Morgan fingerprint density at radius 2 is 2.07 bits per heavy atom. The van der Waals surface area contributed by atoms with Crippen molar-refractivity contribution in [2.24, 2.45) is 4.99 Å². The molecule has 164 valence electrons. The van der Waals surface area contributed by atoms with Gasteiger partial charge in [0.15, 0.2) is 5.96 Å². The zero-order valence-corrected chi connectivity index (χ0v) is 18.7. The van der Waals surface area contributed by atoms with Gasteiger partial charge in [-0.1, -0.05) is 24.3 Å². The normalized spacial score (nSPS) is 17.3. The van der Waals surface area contributed by atoms with Gasteiger partial charge in [0.1, 0.15) is 0 Å². The van der Waals surface area contributed by atoms with E-state index in [9.17, 15) is 0 Å². The highest BCUT2D eigenvalue weighted by Crippen LogP contribution is 2.14. The largest absolute Gasteiger partial charge is 0.379 e. The Kier molecular flexibility index (Phi) is 11.1. The molecule has 0 spiro atoms. The van der Waals surface area contributed by atoms with E-state index in [0.717, 1.165) is 64.7 Å². The first-order chi connectivity index (χ1) is 14.1. The average molecular weight is 405 g/mol. The van der Waals surface area contributed by atoms with Gasteiger partial charge in [-0.15, -0.1) is 0 Å². The summed E-state index contributed by atoms with van der Waals surface area (Å²) >= 11 is 0. The fraction of sp³-hybridized carbons (Fsp3) is 0.696. The van der Waals surface area contributed by atoms with Crippen molar-refractivity contribution in [2.75, 3.05) is 40.0 Å². The zero-order chi connectivity index (χ0) is 20.9. The van der Waals surface area contributed by atoms with Gasteiger partial charge in [-0.05, 0) is 58.2 Å². The molecule has 1 atom stereocenters. The van der Waals surface area contributed by atoms with Crippen LogP contribution in [0.5, 0.6) is 0 Å². The van der Waals surface area contributed by atoms with Crippen LogP contribution in [-0.4, -0.2) is 63.0 Å². The zero-order valence-electron chi connectivity index (χ0n) is 18.7. The SMILES string of the molecule is CCNC(=NCc1ccccc1CN(C)C(C)C)NCCCOCC1CCCO1. The van der Waals surface area contributed by atoms with Crippen molar-refractivity contribution in [1.82, 2.24) is 15.5 Å². The molecule has 1 saturated heterocycles. The Bertz CT molecular complexity index is 600. The summed E-state index contributed by atoms with van der Waals surface area (Å²) in [5, 5.41) is 6.75. The van der Waals surface area contributed by atoms with Crippen molar-refractivity contribution < 1.29 is 9.47 Å². The van der Waals surface area contributed by atoms with E-state index in [4.69, 9.17) is 14.5 Å². The van der Waals surface area contributed by atoms with Gasteiger partial charge in [0, 0.05) is 38.9 Å². The Labute approximate surface area is 177 Å². The van der Waals surface area contributed by atoms with E-state index in [2.05, 4.69) is 67.6 Å². The third-order valence-electron chi connectivity index (χ3n) is 5.26. The standard InChI is InChI=1S/C23H40N4O2/c1-5-24-23(25-13-9-14-28-18-22-12-8-15-29-22)26-16-20-10-6-7-11-21(20)17-27(4)19(2)3/h6-7,10-11,19,22H,5,8-9,12-18H2,1-4H3,(H2,24,25,26). The van der Waals surface area contributed by atoms with E-state index in [-0.39, 0.29) is 0 Å². The maximum Gasteiger partial charge on any atom is 0.191 e. The van der Waals surface area contributed by atoms with E-state index >= 15 is 0 Å². The molecule has 0 amide bonds. The van der Waals surface area contributed by atoms with Gasteiger partial charge in [0.25, 0.3) is 0 Å². The van der Waals surface area contributed by atoms with Crippen LogP contribution in [0.3, 0.4) is 0 Å². The lowest BCUT2D eigenvalue weighted by atomic mass is 10.1. The molecule has 0 saturated carbocycles. The summed E-state index contributed by atoms with van der Waals surface area (Å²) in [7, 11) is 2.16. The van der Waals surface area contributed by atoms with Crippen molar-refractivity contribution in [3.63, 3.8) is 0 Å². The molecule has 1 aromatic carbocycles. The summed E-state index contributed by atoms with van der Waals surface area (Å²) in [5.41, 5.74) is 2.61. The monoisotopic (exact) mass is 404 g/mol. The molecule has 2 N–H and O–H groups in total. The second kappa shape index (κ2) is 13.6. The molecule has 1 unspecified atom stereocenters. The number of nitrogens with zero attached hydrogens (tertiary/aromatic N) is 2. The van der Waals surface area contributed by atoms with Crippen LogP contribution in [0.1, 0.15) is 51.2 Å². The lowest BCUT2D eigenvalue weighted by Crippen LogP contribution is -2.38. The van der Waals surface area contributed by atoms with Crippen molar-refractivity contribution in [3.8, 4) is 0 Å². The van der Waals surface area contributed by atoms with Crippen LogP contribution in [0.15, 0.2) is 29.3 Å². The molecule has 1 aliphatic heterocycles. The first kappa shape index (κ1) is 23.6. The number of hydrogen-bond donors (Lipinski definition) is 2. The summed E-state index contributed by atoms with van der Waals surface area (Å²) in [6.45, 7) is 12.2. The number of guanidine groups is 1. The molecule has 1 heterocycles. The Hall–Kier alpha value is -1.63. The number of hydrogen-bond acceptors (Lipinski definition) is 4. The lowest BCUT2D eigenvalue weighted by Gasteiger charge is -2.22. The summed E-state index contributed by atoms with van der Waals surface area (Å²) in [6, 6.07) is 9.10. The molecule has 1 aliphatic rings. The fourth-order valence-electron chi connectivity index (χ4n) is 3.19. The average Bonchev–Trinajstić information content (AvgIpc) is 3.23. The molecule has 0 radical (unpaired) electrons. The first-order valence-corrected chi connectivity index (χ1v) is 11.1. The minimum Gasteiger partial charge on any atom is -0.379 e. The maximum atomic E-state index is 5.73. The second-order valence-corrected chi connectivity index (χ2v) is 7.96. The van der Waals surface area contributed by atoms with Crippen molar-refractivity contribution in [2.45, 2.75) is 65.3 Å². The number of benzene rings is 1. The number of rotatable bonds is 12. The maximum absolute atomic E-state index is 5.73. The van der Waals surface area contributed by atoms with Crippen LogP contribution >= 0.6 is 0 Å². The highest BCUT2D eigenvalue weighted by molar-refractivity contribution is 5.79. The molecule has 1 aromatic rings. The quantitative estimate of drug-likeness (QED) is 0.318. The molecule has 6 heteroatoms. The Morgan fingerprint density at radius 3 is 2.76 bits per heavy atom. The molecule has 1 fully saturated rings. The smallest absolute Gasteiger partial charge is 0.191 e. The van der Waals surface area contributed by atoms with Crippen LogP contribution in [-0.2, 0) is 22.6 Å². The van der Waals surface area contributed by atoms with E-state index < -0.39 is 0 Å². The summed E-state index contributed by atoms with van der Waals surface area (Å²) in [5.74, 6) is 0.860. The van der Waals surface area contributed by atoms with Gasteiger partial charge in [-0.25, -0.2) is 4.99 Å². The van der Waals surface area contributed by atoms with Crippen molar-refractivity contribution in [3.05, 3.63) is 35.4 Å². The van der Waals surface area contributed by atoms with Crippen LogP contribution < -0.4 is 10.6 Å². The summed E-state index contributed by atoms with van der Waals surface area (Å²) in [4.78, 5) is 7.14. The molecule has 0 aromatic heterocycles. The first-order valence-electron chi connectivity index (χ1n) is 11.1. The third kappa shape index (κ3) is 9.15. The van der Waals surface area contributed by atoms with E-state index in [0.29, 0.717) is 18.7 Å². The summed E-state index contributed by atoms with van der Waals surface area (Å²) < 4.78 is 11.3. The molecular formula is C23H40N4O2. The third-order valence-corrected chi connectivity index (χ3v) is 5.26. The molecule has 0 bridgehead atoms. The topological polar surface area (TPSA) is 58.1 Å². The van der Waals surface area contributed by atoms with Gasteiger partial charge in [0.05, 0.1) is 19.3 Å². The van der Waals surface area contributed by atoms with E-state index in [1.54, 1.807) is 0 Å². The van der Waals surface area contributed by atoms with E-state index in [1.807, 2.05) is 0 Å². The Balaban J connectivity index is 1.77. The molecule has 0 aliphatic carbocycles. The van der Waals surface area contributed by atoms with E-state index in [1.165, 1.54) is 11.1 Å². The second-order valence-electron chi connectivity index (χ2n) is 7.96. The van der Waals surface area contributed by atoms with Crippen LogP contribution in [0.4, 0.5) is 0 Å². The van der Waals surface area contributed by atoms with Gasteiger partial charge < -0.3 is 20.1 Å². The predicted octanol–water partition coefficient (Wildman–Crippen LogP) is 3.17.